The number of hydrogen-bond donors (Lipinski definition) is 2. The molecule has 1 aromatic rings. The van der Waals surface area contributed by atoms with E-state index in [0.29, 0.717) is 17.6 Å². The molecule has 2 N–H and O–H groups in total. The first-order valence-electron chi connectivity index (χ1n) is 5.58. The van der Waals surface area contributed by atoms with Gasteiger partial charge in [-0.2, -0.15) is 0 Å². The number of phenolic OH excluding ortho intramolecular Hbond substituents is 1. The predicted octanol–water partition coefficient (Wildman–Crippen LogP) is 1.12. The van der Waals surface area contributed by atoms with E-state index in [-0.39, 0.29) is 23.1 Å². The zero-order valence-corrected chi connectivity index (χ0v) is 11.4. The minimum absolute atomic E-state index is 0.0821. The van der Waals surface area contributed by atoms with E-state index in [1.807, 2.05) is 0 Å². The van der Waals surface area contributed by atoms with Crippen molar-refractivity contribution in [1.82, 2.24) is 10.2 Å². The van der Waals surface area contributed by atoms with E-state index in [1.165, 1.54) is 11.0 Å². The van der Waals surface area contributed by atoms with Crippen LogP contribution in [-0.2, 0) is 4.79 Å². The summed E-state index contributed by atoms with van der Waals surface area (Å²) in [5, 5.41) is 12.4. The highest BCUT2D eigenvalue weighted by molar-refractivity contribution is 9.10. The van der Waals surface area contributed by atoms with Crippen molar-refractivity contribution in [2.75, 3.05) is 13.1 Å². The minimum Gasteiger partial charge on any atom is -0.507 e. The number of hydrogen-bond acceptors (Lipinski definition) is 3. The molecule has 1 saturated heterocycles. The number of carbonyl (C=O) groups is 2. The van der Waals surface area contributed by atoms with Crippen molar-refractivity contribution in [1.29, 1.82) is 0 Å². The van der Waals surface area contributed by atoms with Gasteiger partial charge in [-0.05, 0) is 25.1 Å². The summed E-state index contributed by atoms with van der Waals surface area (Å²) in [4.78, 5) is 25.3. The van der Waals surface area contributed by atoms with Crippen molar-refractivity contribution in [3.63, 3.8) is 0 Å². The fourth-order valence-corrected chi connectivity index (χ4v) is 2.26. The first-order chi connectivity index (χ1) is 8.50. The van der Waals surface area contributed by atoms with Gasteiger partial charge in [-0.25, -0.2) is 0 Å². The van der Waals surface area contributed by atoms with Gasteiger partial charge in [0.25, 0.3) is 5.91 Å². The third-order valence-electron chi connectivity index (χ3n) is 2.95. The van der Waals surface area contributed by atoms with Crippen molar-refractivity contribution in [2.24, 2.45) is 0 Å². The summed E-state index contributed by atoms with van der Waals surface area (Å²) >= 11 is 3.25. The highest BCUT2D eigenvalue weighted by Gasteiger charge is 2.30. The zero-order chi connectivity index (χ0) is 13.3. The van der Waals surface area contributed by atoms with Gasteiger partial charge in [0, 0.05) is 17.6 Å². The summed E-state index contributed by atoms with van der Waals surface area (Å²) in [6.45, 7) is 2.54. The zero-order valence-electron chi connectivity index (χ0n) is 9.81. The van der Waals surface area contributed by atoms with Crippen molar-refractivity contribution in [3.05, 3.63) is 28.2 Å². The minimum atomic E-state index is -0.523. The molecule has 0 bridgehead atoms. The van der Waals surface area contributed by atoms with Gasteiger partial charge in [-0.1, -0.05) is 15.9 Å². The van der Waals surface area contributed by atoms with Crippen LogP contribution in [0.25, 0.3) is 0 Å². The van der Waals surface area contributed by atoms with Crippen LogP contribution in [0.4, 0.5) is 0 Å². The van der Waals surface area contributed by atoms with Gasteiger partial charge in [-0.15, -0.1) is 0 Å². The van der Waals surface area contributed by atoms with E-state index in [4.69, 9.17) is 0 Å². The van der Waals surface area contributed by atoms with E-state index in [2.05, 4.69) is 21.2 Å². The molecule has 2 rings (SSSR count). The standard InChI is InChI=1S/C12H13BrN2O3/c1-7-11(17)14-4-5-15(7)12(18)9-6-8(13)2-3-10(9)16/h2-3,6-7,16H,4-5H2,1H3,(H,14,17). The van der Waals surface area contributed by atoms with Crippen molar-refractivity contribution < 1.29 is 14.7 Å². The monoisotopic (exact) mass is 312 g/mol. The molecule has 1 aliphatic heterocycles. The second-order valence-corrected chi connectivity index (χ2v) is 5.04. The van der Waals surface area contributed by atoms with Gasteiger partial charge < -0.3 is 15.3 Å². The van der Waals surface area contributed by atoms with E-state index < -0.39 is 6.04 Å². The molecule has 6 heteroatoms. The Balaban J connectivity index is 2.30. The lowest BCUT2D eigenvalue weighted by molar-refractivity contribution is -0.127. The number of piperazine rings is 1. The van der Waals surface area contributed by atoms with Crippen LogP contribution >= 0.6 is 15.9 Å². The molecule has 5 nitrogen and oxygen atoms in total. The van der Waals surface area contributed by atoms with E-state index in [9.17, 15) is 14.7 Å². The Bertz CT molecular complexity index is 504. The Labute approximate surface area is 113 Å². The van der Waals surface area contributed by atoms with Gasteiger partial charge >= 0.3 is 0 Å². The number of benzene rings is 1. The number of amides is 2. The van der Waals surface area contributed by atoms with Crippen LogP contribution < -0.4 is 5.32 Å². The average molecular weight is 313 g/mol. The second-order valence-electron chi connectivity index (χ2n) is 4.13. The molecule has 18 heavy (non-hydrogen) atoms. The number of rotatable bonds is 1. The fraction of sp³-hybridized carbons (Fsp3) is 0.333. The summed E-state index contributed by atoms with van der Waals surface area (Å²) < 4.78 is 0.706. The van der Waals surface area contributed by atoms with Gasteiger partial charge in [0.05, 0.1) is 5.56 Å². The third kappa shape index (κ3) is 2.33. The third-order valence-corrected chi connectivity index (χ3v) is 3.44. The molecule has 1 aliphatic rings. The Morgan fingerprint density at radius 1 is 1.56 bits per heavy atom. The lowest BCUT2D eigenvalue weighted by Crippen LogP contribution is -2.55. The van der Waals surface area contributed by atoms with Crippen LogP contribution in [0.5, 0.6) is 5.75 Å². The summed E-state index contributed by atoms with van der Waals surface area (Å²) in [6.07, 6.45) is 0. The predicted molar refractivity (Wildman–Crippen MR) is 69.3 cm³/mol. The van der Waals surface area contributed by atoms with Crippen LogP contribution in [-0.4, -0.2) is 41.0 Å². The molecule has 1 fully saturated rings. The van der Waals surface area contributed by atoms with E-state index >= 15 is 0 Å². The van der Waals surface area contributed by atoms with Crippen LogP contribution in [0.15, 0.2) is 22.7 Å². The molecular weight excluding hydrogens is 300 g/mol. The molecule has 0 spiro atoms. The molecule has 1 heterocycles. The van der Waals surface area contributed by atoms with Crippen molar-refractivity contribution >= 4 is 27.7 Å². The first-order valence-corrected chi connectivity index (χ1v) is 6.37. The molecule has 1 aromatic carbocycles. The molecule has 96 valence electrons. The van der Waals surface area contributed by atoms with Gasteiger partial charge in [0.2, 0.25) is 5.91 Å². The maximum atomic E-state index is 12.3. The Kier molecular flexibility index (Phi) is 3.56. The normalized spacial score (nSPS) is 19.6. The highest BCUT2D eigenvalue weighted by atomic mass is 79.9. The Morgan fingerprint density at radius 3 is 3.00 bits per heavy atom. The first kappa shape index (κ1) is 12.9. The number of aromatic hydroxyl groups is 1. The van der Waals surface area contributed by atoms with Crippen LogP contribution in [0.1, 0.15) is 17.3 Å². The molecule has 2 amide bonds. The number of nitrogens with one attached hydrogen (secondary N) is 1. The number of nitrogens with zero attached hydrogens (tertiary/aromatic N) is 1. The molecule has 0 saturated carbocycles. The molecule has 0 radical (unpaired) electrons. The van der Waals surface area contributed by atoms with Crippen molar-refractivity contribution in [2.45, 2.75) is 13.0 Å². The smallest absolute Gasteiger partial charge is 0.258 e. The van der Waals surface area contributed by atoms with Gasteiger partial charge in [0.15, 0.2) is 0 Å². The topological polar surface area (TPSA) is 69.6 Å². The summed E-state index contributed by atoms with van der Waals surface area (Å²) in [6, 6.07) is 4.13. The average Bonchev–Trinajstić information content (AvgIpc) is 2.35. The summed E-state index contributed by atoms with van der Waals surface area (Å²) in [7, 11) is 0. The Hall–Kier alpha value is -1.56. The number of phenols is 1. The van der Waals surface area contributed by atoms with E-state index in [1.54, 1.807) is 19.1 Å². The fourth-order valence-electron chi connectivity index (χ4n) is 1.89. The lowest BCUT2D eigenvalue weighted by atomic mass is 10.1. The van der Waals surface area contributed by atoms with Crippen LogP contribution in [0.2, 0.25) is 0 Å². The lowest BCUT2D eigenvalue weighted by Gasteiger charge is -2.33. The summed E-state index contributed by atoms with van der Waals surface area (Å²) in [5.41, 5.74) is 0.200. The van der Waals surface area contributed by atoms with Crippen molar-refractivity contribution in [3.8, 4) is 5.75 Å². The maximum Gasteiger partial charge on any atom is 0.258 e. The van der Waals surface area contributed by atoms with Gasteiger partial charge in [-0.3, -0.25) is 9.59 Å². The molecule has 0 aromatic heterocycles. The molecule has 1 unspecified atom stereocenters. The van der Waals surface area contributed by atoms with Crippen LogP contribution in [0.3, 0.4) is 0 Å². The molecule has 0 aliphatic carbocycles. The highest BCUT2D eigenvalue weighted by Crippen LogP contribution is 2.24. The quantitative estimate of drug-likeness (QED) is 0.816. The second kappa shape index (κ2) is 4.97. The largest absolute Gasteiger partial charge is 0.507 e. The number of halogens is 1. The van der Waals surface area contributed by atoms with E-state index in [0.717, 1.165) is 0 Å². The summed E-state index contributed by atoms with van der Waals surface area (Å²) in [5.74, 6) is -0.596. The number of carbonyl (C=O) groups excluding carboxylic acids is 2. The van der Waals surface area contributed by atoms with Crippen LogP contribution in [0, 0.1) is 0 Å². The van der Waals surface area contributed by atoms with Gasteiger partial charge in [0.1, 0.15) is 11.8 Å². The maximum absolute atomic E-state index is 12.3. The molecular formula is C12H13BrN2O3. The molecule has 1 atom stereocenters. The SMILES string of the molecule is CC1C(=O)NCCN1C(=O)c1cc(Br)ccc1O. The Morgan fingerprint density at radius 2 is 2.28 bits per heavy atom.